The van der Waals surface area contributed by atoms with E-state index in [-0.39, 0.29) is 12.8 Å². The van der Waals surface area contributed by atoms with Gasteiger partial charge in [0, 0.05) is 6.42 Å². The van der Waals surface area contributed by atoms with E-state index in [1.165, 1.54) is 0 Å². The minimum atomic E-state index is -0.986. The van der Waals surface area contributed by atoms with Gasteiger partial charge in [-0.1, -0.05) is 13.2 Å². The molecule has 0 aliphatic heterocycles. The summed E-state index contributed by atoms with van der Waals surface area (Å²) in [5.74, 6) is -1.97. The molecule has 90 valence electrons. The van der Waals surface area contributed by atoms with Gasteiger partial charge in [-0.15, -0.1) is 0 Å². The van der Waals surface area contributed by atoms with Gasteiger partial charge in [-0.05, 0) is 12.2 Å². The molecule has 0 fully saturated rings. The molecule has 0 radical (unpaired) electrons. The highest BCUT2D eigenvalue weighted by Crippen LogP contribution is 1.94. The number of aliphatic carboxylic acids is 2. The van der Waals surface area contributed by atoms with Gasteiger partial charge < -0.3 is 15.1 Å². The molecule has 0 heterocycles. The van der Waals surface area contributed by atoms with Crippen molar-refractivity contribution < 1.29 is 24.7 Å². The average Bonchev–Trinajstić information content (AvgIpc) is 2.17. The molecule has 0 aliphatic carbocycles. The van der Waals surface area contributed by atoms with E-state index in [4.69, 9.17) is 10.2 Å². The van der Waals surface area contributed by atoms with E-state index in [0.717, 1.165) is 4.90 Å². The Hall–Kier alpha value is -1.62. The maximum atomic E-state index is 11.0. The van der Waals surface area contributed by atoms with Gasteiger partial charge in [0.15, 0.2) is 6.04 Å². The summed E-state index contributed by atoms with van der Waals surface area (Å²) in [6, 6.07) is -0.730. The van der Waals surface area contributed by atoms with Gasteiger partial charge in [-0.3, -0.25) is 4.79 Å². The van der Waals surface area contributed by atoms with Crippen LogP contribution in [0.25, 0.3) is 0 Å². The van der Waals surface area contributed by atoms with Crippen LogP contribution in [0.15, 0.2) is 25.3 Å². The zero-order valence-electron chi connectivity index (χ0n) is 9.19. The molecule has 0 bridgehead atoms. The Balaban J connectivity index is 4.55. The molecule has 0 aromatic rings. The summed E-state index contributed by atoms with van der Waals surface area (Å²) in [6.07, 6.45) is 3.21. The molecule has 0 amide bonds. The van der Waals surface area contributed by atoms with Crippen molar-refractivity contribution in [2.45, 2.75) is 18.9 Å². The number of rotatable bonds is 9. The quantitative estimate of drug-likeness (QED) is 0.467. The summed E-state index contributed by atoms with van der Waals surface area (Å²) < 4.78 is 0. The molecule has 5 heteroatoms. The highest BCUT2D eigenvalue weighted by atomic mass is 16.4. The van der Waals surface area contributed by atoms with E-state index in [2.05, 4.69) is 13.2 Å². The molecule has 0 aromatic carbocycles. The SMILES string of the molecule is C=CC[NH+](CC=C)C(CCC(=O)O)C(=O)O. The van der Waals surface area contributed by atoms with Crippen molar-refractivity contribution in [3.8, 4) is 0 Å². The third kappa shape index (κ3) is 5.31. The van der Waals surface area contributed by atoms with Crippen molar-refractivity contribution in [2.75, 3.05) is 13.1 Å². The zero-order valence-corrected chi connectivity index (χ0v) is 9.19. The van der Waals surface area contributed by atoms with Gasteiger partial charge in [-0.25, -0.2) is 4.79 Å². The second-order valence-corrected chi connectivity index (χ2v) is 3.47. The number of carbonyl (C=O) groups is 2. The second-order valence-electron chi connectivity index (χ2n) is 3.47. The molecule has 0 aliphatic rings. The Kier molecular flexibility index (Phi) is 6.87. The lowest BCUT2D eigenvalue weighted by molar-refractivity contribution is -0.905. The standard InChI is InChI=1S/C11H17NO4/c1-3-7-12(8-4-2)9(11(15)16)5-6-10(13)14/h3-4,9H,1-2,5-8H2,(H,13,14)(H,15,16)/p+1. The van der Waals surface area contributed by atoms with Crippen LogP contribution in [0.5, 0.6) is 0 Å². The number of quaternary nitrogens is 1. The molecule has 0 aromatic heterocycles. The van der Waals surface area contributed by atoms with Gasteiger partial charge in [0.1, 0.15) is 0 Å². The van der Waals surface area contributed by atoms with Gasteiger partial charge in [0.25, 0.3) is 0 Å². The van der Waals surface area contributed by atoms with Crippen LogP contribution in [0.1, 0.15) is 12.8 Å². The van der Waals surface area contributed by atoms with Crippen LogP contribution < -0.4 is 4.90 Å². The molecule has 0 rings (SSSR count). The Morgan fingerprint density at radius 1 is 1.19 bits per heavy atom. The van der Waals surface area contributed by atoms with Crippen molar-refractivity contribution in [3.05, 3.63) is 25.3 Å². The van der Waals surface area contributed by atoms with Gasteiger partial charge >= 0.3 is 11.9 Å². The first-order chi connectivity index (χ1) is 7.52. The molecule has 0 saturated carbocycles. The van der Waals surface area contributed by atoms with E-state index in [1.807, 2.05) is 0 Å². The Labute approximate surface area is 94.7 Å². The predicted octanol–water partition coefficient (Wildman–Crippen LogP) is -0.439. The summed E-state index contributed by atoms with van der Waals surface area (Å²) in [4.78, 5) is 22.2. The molecule has 1 atom stereocenters. The summed E-state index contributed by atoms with van der Waals surface area (Å²) in [5, 5.41) is 17.6. The number of nitrogens with one attached hydrogen (secondary N) is 1. The Morgan fingerprint density at radius 2 is 1.69 bits per heavy atom. The minimum absolute atomic E-state index is 0.113. The van der Waals surface area contributed by atoms with E-state index in [1.54, 1.807) is 12.2 Å². The van der Waals surface area contributed by atoms with Gasteiger partial charge in [-0.2, -0.15) is 0 Å². The number of carboxylic acids is 2. The molecule has 3 N–H and O–H groups in total. The number of carboxylic acid groups (broad SMARTS) is 2. The highest BCUT2D eigenvalue weighted by Gasteiger charge is 2.28. The molecular weight excluding hydrogens is 210 g/mol. The van der Waals surface area contributed by atoms with Crippen molar-refractivity contribution >= 4 is 11.9 Å². The molecule has 16 heavy (non-hydrogen) atoms. The largest absolute Gasteiger partial charge is 0.481 e. The van der Waals surface area contributed by atoms with Crippen molar-refractivity contribution in [3.63, 3.8) is 0 Å². The van der Waals surface area contributed by atoms with Crippen molar-refractivity contribution in [1.29, 1.82) is 0 Å². The van der Waals surface area contributed by atoms with Crippen LogP contribution in [0.4, 0.5) is 0 Å². The lowest BCUT2D eigenvalue weighted by atomic mass is 10.1. The summed E-state index contributed by atoms with van der Waals surface area (Å²) in [5.41, 5.74) is 0. The fourth-order valence-electron chi connectivity index (χ4n) is 1.51. The van der Waals surface area contributed by atoms with Crippen LogP contribution in [0.2, 0.25) is 0 Å². The fraction of sp³-hybridized carbons (Fsp3) is 0.455. The van der Waals surface area contributed by atoms with Gasteiger partial charge in [0.2, 0.25) is 0 Å². The topological polar surface area (TPSA) is 79.0 Å². The lowest BCUT2D eigenvalue weighted by Crippen LogP contribution is -3.16. The normalized spacial score (nSPS) is 12.1. The first-order valence-electron chi connectivity index (χ1n) is 5.03. The zero-order chi connectivity index (χ0) is 12.6. The average molecular weight is 228 g/mol. The molecular formula is C11H18NO4+. The maximum absolute atomic E-state index is 11.0. The molecule has 1 unspecified atom stereocenters. The Morgan fingerprint density at radius 3 is 2.00 bits per heavy atom. The Bertz CT molecular complexity index is 265. The van der Waals surface area contributed by atoms with Crippen molar-refractivity contribution in [1.82, 2.24) is 0 Å². The van der Waals surface area contributed by atoms with E-state index in [9.17, 15) is 9.59 Å². The van der Waals surface area contributed by atoms with Crippen LogP contribution in [-0.2, 0) is 9.59 Å². The van der Waals surface area contributed by atoms with Crippen LogP contribution in [0.3, 0.4) is 0 Å². The third-order valence-electron chi connectivity index (χ3n) is 2.25. The van der Waals surface area contributed by atoms with Crippen LogP contribution in [0, 0.1) is 0 Å². The molecule has 0 spiro atoms. The minimum Gasteiger partial charge on any atom is -0.481 e. The van der Waals surface area contributed by atoms with Crippen molar-refractivity contribution in [2.24, 2.45) is 0 Å². The monoisotopic (exact) mass is 228 g/mol. The first-order valence-corrected chi connectivity index (χ1v) is 5.03. The third-order valence-corrected chi connectivity index (χ3v) is 2.25. The lowest BCUT2D eigenvalue weighted by Gasteiger charge is -2.23. The molecule has 5 nitrogen and oxygen atoms in total. The maximum Gasteiger partial charge on any atom is 0.362 e. The van der Waals surface area contributed by atoms with Crippen LogP contribution >= 0.6 is 0 Å². The smallest absolute Gasteiger partial charge is 0.362 e. The summed E-state index contributed by atoms with van der Waals surface area (Å²) in [6.45, 7) is 8.06. The summed E-state index contributed by atoms with van der Waals surface area (Å²) >= 11 is 0. The van der Waals surface area contributed by atoms with E-state index < -0.39 is 18.0 Å². The van der Waals surface area contributed by atoms with E-state index >= 15 is 0 Å². The summed E-state index contributed by atoms with van der Waals surface area (Å²) in [7, 11) is 0. The highest BCUT2D eigenvalue weighted by molar-refractivity contribution is 5.73. The van der Waals surface area contributed by atoms with E-state index in [0.29, 0.717) is 13.1 Å². The fourth-order valence-corrected chi connectivity index (χ4v) is 1.51. The number of hydrogen-bond acceptors (Lipinski definition) is 2. The first kappa shape index (κ1) is 14.4. The second kappa shape index (κ2) is 7.64. The molecule has 0 saturated heterocycles. The predicted molar refractivity (Wildman–Crippen MR) is 59.4 cm³/mol. The van der Waals surface area contributed by atoms with Crippen LogP contribution in [-0.4, -0.2) is 41.3 Å². The number of hydrogen-bond donors (Lipinski definition) is 3. The van der Waals surface area contributed by atoms with Gasteiger partial charge in [0.05, 0.1) is 19.5 Å².